The third-order valence-corrected chi connectivity index (χ3v) is 5.21. The third kappa shape index (κ3) is 3.50. The molecule has 28 heavy (non-hydrogen) atoms. The van der Waals surface area contributed by atoms with Gasteiger partial charge in [-0.05, 0) is 38.0 Å². The fraction of sp³-hybridized carbons (Fsp3) is 0.318. The SMILES string of the molecule is C=CCN(C(=O)c1nc(-c2ccoc2)n(-c2ccc(C)cc2)n1)C1CCCC1. The molecule has 6 heteroatoms. The van der Waals surface area contributed by atoms with E-state index in [0.29, 0.717) is 12.4 Å². The van der Waals surface area contributed by atoms with Gasteiger partial charge in [0, 0.05) is 12.6 Å². The van der Waals surface area contributed by atoms with E-state index < -0.39 is 0 Å². The lowest BCUT2D eigenvalue weighted by molar-refractivity contribution is 0.0694. The highest BCUT2D eigenvalue weighted by molar-refractivity contribution is 5.91. The first-order valence-electron chi connectivity index (χ1n) is 9.66. The molecule has 1 amide bonds. The highest BCUT2D eigenvalue weighted by Crippen LogP contribution is 2.26. The maximum atomic E-state index is 13.3. The number of furan rings is 1. The zero-order valence-corrected chi connectivity index (χ0v) is 16.0. The minimum absolute atomic E-state index is 0.151. The van der Waals surface area contributed by atoms with Crippen LogP contribution in [-0.2, 0) is 0 Å². The number of carbonyl (C=O) groups excluding carboxylic acids is 1. The summed E-state index contributed by atoms with van der Waals surface area (Å²) in [5, 5.41) is 4.58. The van der Waals surface area contributed by atoms with Crippen LogP contribution >= 0.6 is 0 Å². The number of amides is 1. The van der Waals surface area contributed by atoms with Gasteiger partial charge in [0.05, 0.1) is 17.5 Å². The molecule has 0 unspecified atom stereocenters. The second kappa shape index (κ2) is 7.84. The molecule has 6 nitrogen and oxygen atoms in total. The largest absolute Gasteiger partial charge is 0.472 e. The van der Waals surface area contributed by atoms with Crippen LogP contribution < -0.4 is 0 Å². The average Bonchev–Trinajstić information content (AvgIpc) is 3.47. The Morgan fingerprint density at radius 1 is 1.29 bits per heavy atom. The normalized spacial score (nSPS) is 14.3. The number of aryl methyl sites for hydroxylation is 1. The molecule has 1 aliphatic rings. The van der Waals surface area contributed by atoms with Gasteiger partial charge in [-0.2, -0.15) is 0 Å². The van der Waals surface area contributed by atoms with E-state index in [4.69, 9.17) is 4.42 Å². The predicted molar refractivity (Wildman–Crippen MR) is 107 cm³/mol. The topological polar surface area (TPSA) is 64.2 Å². The standard InChI is InChI=1S/C22H24N4O2/c1-3-13-25(18-6-4-5-7-18)22(27)20-23-21(17-12-14-28-15-17)26(24-20)19-10-8-16(2)9-11-19/h3,8-12,14-15,18H,1,4-7,13H2,2H3. The van der Waals surface area contributed by atoms with Gasteiger partial charge >= 0.3 is 0 Å². The Kier molecular flexibility index (Phi) is 5.10. The summed E-state index contributed by atoms with van der Waals surface area (Å²) >= 11 is 0. The summed E-state index contributed by atoms with van der Waals surface area (Å²) in [6, 6.07) is 10.0. The van der Waals surface area contributed by atoms with Gasteiger partial charge in [-0.1, -0.05) is 36.6 Å². The van der Waals surface area contributed by atoms with Crippen LogP contribution in [0.15, 0.2) is 59.9 Å². The molecular weight excluding hydrogens is 352 g/mol. The lowest BCUT2D eigenvalue weighted by Crippen LogP contribution is -2.39. The van der Waals surface area contributed by atoms with Crippen molar-refractivity contribution in [3.8, 4) is 17.1 Å². The highest BCUT2D eigenvalue weighted by Gasteiger charge is 2.30. The summed E-state index contributed by atoms with van der Waals surface area (Å²) in [6.07, 6.45) is 9.31. The van der Waals surface area contributed by atoms with Gasteiger partial charge in [0.1, 0.15) is 6.26 Å². The van der Waals surface area contributed by atoms with Gasteiger partial charge in [-0.15, -0.1) is 11.7 Å². The lowest BCUT2D eigenvalue weighted by Gasteiger charge is -2.26. The van der Waals surface area contributed by atoms with Gasteiger partial charge in [0.25, 0.3) is 5.91 Å². The molecule has 1 fully saturated rings. The Morgan fingerprint density at radius 2 is 2.04 bits per heavy atom. The lowest BCUT2D eigenvalue weighted by atomic mass is 10.2. The fourth-order valence-electron chi connectivity index (χ4n) is 3.73. The van der Waals surface area contributed by atoms with E-state index >= 15 is 0 Å². The van der Waals surface area contributed by atoms with Crippen molar-refractivity contribution in [3.63, 3.8) is 0 Å². The molecule has 1 aliphatic carbocycles. The highest BCUT2D eigenvalue weighted by atomic mass is 16.3. The van der Waals surface area contributed by atoms with Gasteiger partial charge in [-0.25, -0.2) is 9.67 Å². The number of aromatic nitrogens is 3. The first-order chi connectivity index (χ1) is 13.7. The number of carbonyl (C=O) groups is 1. The molecule has 0 spiro atoms. The van der Waals surface area contributed by atoms with Crippen LogP contribution in [0.4, 0.5) is 0 Å². The Bertz CT molecular complexity index is 951. The summed E-state index contributed by atoms with van der Waals surface area (Å²) < 4.78 is 6.93. The molecule has 0 N–H and O–H groups in total. The summed E-state index contributed by atoms with van der Waals surface area (Å²) in [4.78, 5) is 19.7. The van der Waals surface area contributed by atoms with Crippen molar-refractivity contribution < 1.29 is 9.21 Å². The second-order valence-corrected chi connectivity index (χ2v) is 7.20. The van der Waals surface area contributed by atoms with Gasteiger partial charge < -0.3 is 9.32 Å². The number of benzene rings is 1. The molecule has 0 atom stereocenters. The Labute approximate surface area is 164 Å². The van der Waals surface area contributed by atoms with E-state index in [1.54, 1.807) is 23.3 Å². The molecule has 2 heterocycles. The van der Waals surface area contributed by atoms with Gasteiger partial charge in [0.15, 0.2) is 5.82 Å². The zero-order chi connectivity index (χ0) is 19.5. The Morgan fingerprint density at radius 3 is 2.68 bits per heavy atom. The van der Waals surface area contributed by atoms with Crippen LogP contribution in [0.3, 0.4) is 0 Å². The van der Waals surface area contributed by atoms with Crippen molar-refractivity contribution >= 4 is 5.91 Å². The molecule has 1 aromatic carbocycles. The van der Waals surface area contributed by atoms with E-state index in [9.17, 15) is 4.79 Å². The van der Waals surface area contributed by atoms with E-state index in [1.165, 1.54) is 0 Å². The van der Waals surface area contributed by atoms with Gasteiger partial charge in [-0.3, -0.25) is 4.79 Å². The van der Waals surface area contributed by atoms with E-state index in [2.05, 4.69) is 16.7 Å². The molecular formula is C22H24N4O2. The Balaban J connectivity index is 1.75. The molecule has 0 radical (unpaired) electrons. The number of hydrogen-bond donors (Lipinski definition) is 0. The van der Waals surface area contributed by atoms with Crippen molar-refractivity contribution in [1.82, 2.24) is 19.7 Å². The first-order valence-corrected chi connectivity index (χ1v) is 9.66. The van der Waals surface area contributed by atoms with Crippen molar-refractivity contribution in [2.24, 2.45) is 0 Å². The maximum absolute atomic E-state index is 13.3. The van der Waals surface area contributed by atoms with E-state index in [1.807, 2.05) is 42.2 Å². The predicted octanol–water partition coefficient (Wildman–Crippen LogP) is 4.41. The minimum atomic E-state index is -0.151. The number of nitrogens with zero attached hydrogens (tertiary/aromatic N) is 4. The van der Waals surface area contributed by atoms with Crippen LogP contribution in [0.25, 0.3) is 17.1 Å². The number of rotatable bonds is 6. The van der Waals surface area contributed by atoms with Crippen LogP contribution in [0, 0.1) is 6.92 Å². The zero-order valence-electron chi connectivity index (χ0n) is 16.0. The fourth-order valence-corrected chi connectivity index (χ4v) is 3.73. The molecule has 4 rings (SSSR count). The van der Waals surface area contributed by atoms with Crippen molar-refractivity contribution in [2.75, 3.05) is 6.54 Å². The smallest absolute Gasteiger partial charge is 0.294 e. The van der Waals surface area contributed by atoms with Gasteiger partial charge in [0.2, 0.25) is 5.82 Å². The molecule has 144 valence electrons. The van der Waals surface area contributed by atoms with Crippen molar-refractivity contribution in [1.29, 1.82) is 0 Å². The third-order valence-electron chi connectivity index (χ3n) is 5.21. The molecule has 0 bridgehead atoms. The van der Waals surface area contributed by atoms with Crippen molar-refractivity contribution in [3.05, 3.63) is 66.9 Å². The maximum Gasteiger partial charge on any atom is 0.294 e. The van der Waals surface area contributed by atoms with Crippen molar-refractivity contribution in [2.45, 2.75) is 38.6 Å². The van der Waals surface area contributed by atoms with Crippen LogP contribution in [0.1, 0.15) is 41.9 Å². The van der Waals surface area contributed by atoms with E-state index in [0.717, 1.165) is 42.5 Å². The summed E-state index contributed by atoms with van der Waals surface area (Å²) in [5.74, 6) is 0.638. The molecule has 0 aliphatic heterocycles. The van der Waals surface area contributed by atoms with E-state index in [-0.39, 0.29) is 17.8 Å². The molecule has 1 saturated carbocycles. The number of hydrogen-bond acceptors (Lipinski definition) is 4. The van der Waals surface area contributed by atoms with Crippen LogP contribution in [-0.4, -0.2) is 38.2 Å². The quantitative estimate of drug-likeness (QED) is 0.598. The first kappa shape index (κ1) is 18.2. The molecule has 2 aromatic heterocycles. The minimum Gasteiger partial charge on any atom is -0.472 e. The summed E-state index contributed by atoms with van der Waals surface area (Å²) in [7, 11) is 0. The molecule has 0 saturated heterocycles. The Hall–Kier alpha value is -3.15. The van der Waals surface area contributed by atoms with Crippen LogP contribution in [0.2, 0.25) is 0 Å². The second-order valence-electron chi connectivity index (χ2n) is 7.20. The summed E-state index contributed by atoms with van der Waals surface area (Å²) in [5.41, 5.74) is 2.79. The molecule has 3 aromatic rings. The average molecular weight is 376 g/mol. The monoisotopic (exact) mass is 376 g/mol. The summed E-state index contributed by atoms with van der Waals surface area (Å²) in [6.45, 7) is 6.35. The van der Waals surface area contributed by atoms with Crippen LogP contribution in [0.5, 0.6) is 0 Å².